The van der Waals surface area contributed by atoms with Crippen LogP contribution < -0.4 is 5.32 Å². The number of carbonyl (C=O) groups is 2. The molecule has 0 aliphatic heterocycles. The van der Waals surface area contributed by atoms with Crippen molar-refractivity contribution in [3.8, 4) is 22.4 Å². The van der Waals surface area contributed by atoms with Crippen LogP contribution in [0.5, 0.6) is 0 Å². The van der Waals surface area contributed by atoms with Gasteiger partial charge in [-0.1, -0.05) is 75.4 Å². The Morgan fingerprint density at radius 3 is 2.35 bits per heavy atom. The number of ether oxygens (including phenoxy) is 1. The average Bonchev–Trinajstić information content (AvgIpc) is 3.31. The Morgan fingerprint density at radius 1 is 0.912 bits per heavy atom. The molecular weight excluding hydrogens is 444 g/mol. The smallest absolute Gasteiger partial charge is 0.337 e. The second-order valence-electron chi connectivity index (χ2n) is 8.94. The van der Waals surface area contributed by atoms with E-state index in [1.165, 1.54) is 24.0 Å². The molecule has 0 aliphatic carbocycles. The molecule has 0 spiro atoms. The minimum absolute atomic E-state index is 0.0638. The number of rotatable bonds is 5. The van der Waals surface area contributed by atoms with Gasteiger partial charge >= 0.3 is 5.97 Å². The second-order valence-corrected chi connectivity index (χ2v) is 9.80. The van der Waals surface area contributed by atoms with Crippen molar-refractivity contribution in [2.45, 2.75) is 26.2 Å². The summed E-state index contributed by atoms with van der Waals surface area (Å²) in [7, 11) is 1.35. The number of anilines is 1. The van der Waals surface area contributed by atoms with Crippen LogP contribution in [0, 0.1) is 0 Å². The summed E-state index contributed by atoms with van der Waals surface area (Å²) in [4.78, 5) is 29.5. The van der Waals surface area contributed by atoms with Crippen molar-refractivity contribution in [3.63, 3.8) is 0 Å². The number of hydrogen-bond donors (Lipinski definition) is 1. The van der Waals surface area contributed by atoms with Crippen LogP contribution in [0.1, 0.15) is 47.1 Å². The van der Waals surface area contributed by atoms with Crippen LogP contribution in [0.2, 0.25) is 0 Å². The van der Waals surface area contributed by atoms with Gasteiger partial charge in [-0.25, -0.2) is 9.78 Å². The van der Waals surface area contributed by atoms with E-state index in [0.717, 1.165) is 16.7 Å². The maximum Gasteiger partial charge on any atom is 0.337 e. The fourth-order valence-electron chi connectivity index (χ4n) is 3.63. The van der Waals surface area contributed by atoms with Crippen molar-refractivity contribution in [2.24, 2.45) is 0 Å². The molecule has 5 nitrogen and oxygen atoms in total. The molecule has 0 saturated heterocycles. The zero-order valence-corrected chi connectivity index (χ0v) is 20.4. The van der Waals surface area contributed by atoms with Gasteiger partial charge in [0.2, 0.25) is 0 Å². The molecule has 0 unspecified atom stereocenters. The third-order valence-corrected chi connectivity index (χ3v) is 6.30. The summed E-state index contributed by atoms with van der Waals surface area (Å²) in [6.07, 6.45) is 0. The first kappa shape index (κ1) is 23.4. The van der Waals surface area contributed by atoms with E-state index < -0.39 is 5.97 Å². The van der Waals surface area contributed by atoms with E-state index in [1.807, 2.05) is 35.7 Å². The monoisotopic (exact) mass is 470 g/mol. The van der Waals surface area contributed by atoms with Crippen LogP contribution in [0.15, 0.2) is 78.2 Å². The number of amides is 1. The fourth-order valence-corrected chi connectivity index (χ4v) is 4.35. The molecular formula is C28H26N2O3S. The van der Waals surface area contributed by atoms with E-state index in [1.54, 1.807) is 18.2 Å². The van der Waals surface area contributed by atoms with Gasteiger partial charge in [0.05, 0.1) is 18.4 Å². The lowest BCUT2D eigenvalue weighted by Gasteiger charge is -2.19. The quantitative estimate of drug-likeness (QED) is 0.325. The Labute approximate surface area is 203 Å². The number of carbonyl (C=O) groups excluding carboxylic acids is 2. The lowest BCUT2D eigenvalue weighted by Crippen LogP contribution is -2.13. The zero-order chi connectivity index (χ0) is 24.3. The number of aromatic nitrogens is 1. The molecule has 34 heavy (non-hydrogen) atoms. The molecule has 3 aromatic carbocycles. The summed E-state index contributed by atoms with van der Waals surface area (Å²) in [5, 5.41) is 5.26. The minimum Gasteiger partial charge on any atom is -0.465 e. The van der Waals surface area contributed by atoms with Gasteiger partial charge in [-0.3, -0.25) is 10.1 Å². The molecule has 172 valence electrons. The summed E-state index contributed by atoms with van der Waals surface area (Å²) >= 11 is 1.33. The first-order valence-electron chi connectivity index (χ1n) is 10.9. The summed E-state index contributed by atoms with van der Waals surface area (Å²) in [5.74, 6) is -0.627. The number of hydrogen-bond acceptors (Lipinski definition) is 5. The van der Waals surface area contributed by atoms with E-state index >= 15 is 0 Å². The number of nitrogens with zero attached hydrogens (tertiary/aromatic N) is 1. The van der Waals surface area contributed by atoms with Crippen molar-refractivity contribution < 1.29 is 14.3 Å². The van der Waals surface area contributed by atoms with Gasteiger partial charge in [0.15, 0.2) is 5.13 Å². The number of benzene rings is 3. The highest BCUT2D eigenvalue weighted by Gasteiger charge is 2.17. The highest BCUT2D eigenvalue weighted by Crippen LogP contribution is 2.30. The van der Waals surface area contributed by atoms with Gasteiger partial charge in [-0.05, 0) is 40.3 Å². The van der Waals surface area contributed by atoms with E-state index in [-0.39, 0.29) is 11.3 Å². The van der Waals surface area contributed by atoms with E-state index in [0.29, 0.717) is 22.0 Å². The van der Waals surface area contributed by atoms with Crippen LogP contribution in [0.25, 0.3) is 22.4 Å². The van der Waals surface area contributed by atoms with Gasteiger partial charge in [-0.15, -0.1) is 11.3 Å². The number of esters is 1. The van der Waals surface area contributed by atoms with E-state index in [2.05, 4.69) is 55.3 Å². The molecule has 1 aromatic heterocycles. The number of methoxy groups -OCH3 is 1. The van der Waals surface area contributed by atoms with Gasteiger partial charge in [0, 0.05) is 16.5 Å². The number of nitrogens with one attached hydrogen (secondary N) is 1. The third-order valence-electron chi connectivity index (χ3n) is 5.54. The topological polar surface area (TPSA) is 68.3 Å². The summed E-state index contributed by atoms with van der Waals surface area (Å²) in [6.45, 7) is 6.53. The SMILES string of the molecule is COC(=O)c1cccc(-c2csc(NC(=O)c3ccccc3-c3ccc(C(C)(C)C)cc3)n2)c1. The van der Waals surface area contributed by atoms with E-state index in [4.69, 9.17) is 4.74 Å². The van der Waals surface area contributed by atoms with E-state index in [9.17, 15) is 9.59 Å². The molecule has 0 fully saturated rings. The van der Waals surface area contributed by atoms with Crippen molar-refractivity contribution in [1.29, 1.82) is 0 Å². The number of thiazole rings is 1. The molecule has 6 heteroatoms. The summed E-state index contributed by atoms with van der Waals surface area (Å²) in [5.41, 5.74) is 5.64. The molecule has 1 amide bonds. The molecule has 4 aromatic rings. The normalized spacial score (nSPS) is 11.2. The highest BCUT2D eigenvalue weighted by molar-refractivity contribution is 7.14. The maximum atomic E-state index is 13.2. The predicted molar refractivity (Wildman–Crippen MR) is 137 cm³/mol. The van der Waals surface area contributed by atoms with Gasteiger partial charge in [0.25, 0.3) is 5.91 Å². The first-order valence-corrected chi connectivity index (χ1v) is 11.8. The van der Waals surface area contributed by atoms with Crippen molar-refractivity contribution >= 4 is 28.3 Å². The molecule has 0 atom stereocenters. The highest BCUT2D eigenvalue weighted by atomic mass is 32.1. The van der Waals surface area contributed by atoms with Crippen molar-refractivity contribution in [1.82, 2.24) is 4.98 Å². The Balaban J connectivity index is 1.56. The molecule has 0 radical (unpaired) electrons. The third kappa shape index (κ3) is 5.07. The van der Waals surface area contributed by atoms with Crippen LogP contribution >= 0.6 is 11.3 Å². The van der Waals surface area contributed by atoms with Crippen molar-refractivity contribution in [3.05, 3.63) is 94.9 Å². The molecule has 0 aliphatic rings. The van der Waals surface area contributed by atoms with Crippen LogP contribution in [-0.2, 0) is 10.2 Å². The molecule has 1 heterocycles. The molecule has 0 bridgehead atoms. The summed E-state index contributed by atoms with van der Waals surface area (Å²) < 4.78 is 4.79. The fraction of sp³-hybridized carbons (Fsp3) is 0.179. The Morgan fingerprint density at radius 2 is 1.65 bits per heavy atom. The largest absolute Gasteiger partial charge is 0.465 e. The Kier molecular flexibility index (Phi) is 6.61. The maximum absolute atomic E-state index is 13.2. The predicted octanol–water partition coefficient (Wildman–Crippen LogP) is 6.81. The van der Waals surface area contributed by atoms with Gasteiger partial charge in [-0.2, -0.15) is 0 Å². The van der Waals surface area contributed by atoms with Gasteiger partial charge < -0.3 is 4.74 Å². The minimum atomic E-state index is -0.405. The van der Waals surface area contributed by atoms with Gasteiger partial charge in [0.1, 0.15) is 0 Å². The Hall–Kier alpha value is -3.77. The van der Waals surface area contributed by atoms with Crippen LogP contribution in [0.4, 0.5) is 5.13 Å². The molecule has 0 saturated carbocycles. The first-order chi connectivity index (χ1) is 16.3. The molecule has 1 N–H and O–H groups in total. The zero-order valence-electron chi connectivity index (χ0n) is 19.6. The standard InChI is InChI=1S/C28H26N2O3S/c1-28(2,3)21-14-12-18(13-15-21)22-10-5-6-11-23(22)25(31)30-27-29-24(17-34-27)19-8-7-9-20(16-19)26(32)33-4/h5-17H,1-4H3,(H,29,30,31). The molecule has 4 rings (SSSR count). The second kappa shape index (κ2) is 9.61. The average molecular weight is 471 g/mol. The lowest BCUT2D eigenvalue weighted by atomic mass is 9.86. The van der Waals surface area contributed by atoms with Crippen molar-refractivity contribution in [2.75, 3.05) is 12.4 Å². The summed E-state index contributed by atoms with van der Waals surface area (Å²) in [6, 6.07) is 22.9. The lowest BCUT2D eigenvalue weighted by molar-refractivity contribution is 0.0600. The van der Waals surface area contributed by atoms with Crippen LogP contribution in [-0.4, -0.2) is 24.0 Å². The van der Waals surface area contributed by atoms with Crippen LogP contribution in [0.3, 0.4) is 0 Å². The Bertz CT molecular complexity index is 1330.